The summed E-state index contributed by atoms with van der Waals surface area (Å²) in [6.45, 7) is 3.52. The van der Waals surface area contributed by atoms with Crippen LogP contribution in [-0.4, -0.2) is 43.8 Å². The van der Waals surface area contributed by atoms with Gasteiger partial charge in [0.05, 0.1) is 17.4 Å². The van der Waals surface area contributed by atoms with Crippen molar-refractivity contribution < 1.29 is 4.79 Å². The average Bonchev–Trinajstić information content (AvgIpc) is 3.22. The molecule has 1 amide bonds. The van der Waals surface area contributed by atoms with Crippen molar-refractivity contribution in [2.75, 3.05) is 13.1 Å². The maximum Gasteiger partial charge on any atom is 0.253 e. The van der Waals surface area contributed by atoms with Crippen LogP contribution in [0.1, 0.15) is 40.6 Å². The van der Waals surface area contributed by atoms with Gasteiger partial charge in [-0.1, -0.05) is 0 Å². The molecule has 0 aliphatic carbocycles. The van der Waals surface area contributed by atoms with E-state index in [4.69, 9.17) is 0 Å². The van der Waals surface area contributed by atoms with E-state index in [9.17, 15) is 4.79 Å². The first-order valence-electron chi connectivity index (χ1n) is 7.94. The van der Waals surface area contributed by atoms with Crippen molar-refractivity contribution in [3.8, 4) is 0 Å². The number of rotatable bonds is 2. The smallest absolute Gasteiger partial charge is 0.253 e. The monoisotopic (exact) mass is 309 g/mol. The third kappa shape index (κ3) is 2.60. The lowest BCUT2D eigenvalue weighted by molar-refractivity contribution is 0.0705. The van der Waals surface area contributed by atoms with Crippen molar-refractivity contribution >= 4 is 16.9 Å². The number of benzene rings is 1. The van der Waals surface area contributed by atoms with Gasteiger partial charge in [0.25, 0.3) is 5.91 Å². The highest BCUT2D eigenvalue weighted by Crippen LogP contribution is 2.26. The summed E-state index contributed by atoms with van der Waals surface area (Å²) < 4.78 is 0. The zero-order valence-electron chi connectivity index (χ0n) is 13.0. The Morgan fingerprint density at radius 3 is 3.09 bits per heavy atom. The van der Waals surface area contributed by atoms with Crippen molar-refractivity contribution in [2.45, 2.75) is 25.7 Å². The van der Waals surface area contributed by atoms with Crippen LogP contribution in [0.25, 0.3) is 11.0 Å². The quantitative estimate of drug-likeness (QED) is 0.764. The summed E-state index contributed by atoms with van der Waals surface area (Å²) >= 11 is 0. The molecule has 4 rings (SSSR count). The van der Waals surface area contributed by atoms with Gasteiger partial charge in [-0.15, -0.1) is 0 Å². The first-order chi connectivity index (χ1) is 11.2. The lowest BCUT2D eigenvalue weighted by Crippen LogP contribution is -2.39. The Balaban J connectivity index is 1.55. The molecule has 0 bridgehead atoms. The van der Waals surface area contributed by atoms with E-state index in [1.165, 1.54) is 0 Å². The van der Waals surface area contributed by atoms with Crippen molar-refractivity contribution in [1.82, 2.24) is 24.8 Å². The number of hydrogen-bond donors (Lipinski definition) is 2. The predicted octanol–water partition coefficient (Wildman–Crippen LogP) is 2.61. The van der Waals surface area contributed by atoms with Crippen LogP contribution in [0.5, 0.6) is 0 Å². The Hall–Kier alpha value is -2.63. The topological polar surface area (TPSA) is 77.7 Å². The van der Waals surface area contributed by atoms with Gasteiger partial charge in [0.1, 0.15) is 5.82 Å². The van der Waals surface area contributed by atoms with E-state index in [1.807, 2.05) is 36.2 Å². The Morgan fingerprint density at radius 2 is 2.26 bits per heavy atom. The zero-order valence-corrected chi connectivity index (χ0v) is 13.0. The molecule has 1 fully saturated rings. The molecule has 23 heavy (non-hydrogen) atoms. The summed E-state index contributed by atoms with van der Waals surface area (Å²) in [6, 6.07) is 5.62. The molecule has 3 aromatic rings. The number of nitrogens with zero attached hydrogens (tertiary/aromatic N) is 3. The molecule has 2 aromatic heterocycles. The van der Waals surface area contributed by atoms with E-state index >= 15 is 0 Å². The zero-order chi connectivity index (χ0) is 15.8. The Labute approximate surface area is 133 Å². The van der Waals surface area contributed by atoms with Crippen LogP contribution in [0.3, 0.4) is 0 Å². The molecule has 6 heteroatoms. The third-order valence-corrected chi connectivity index (χ3v) is 4.49. The minimum absolute atomic E-state index is 0.0782. The number of H-pyrrole nitrogens is 2. The molecule has 1 atom stereocenters. The summed E-state index contributed by atoms with van der Waals surface area (Å²) in [5.74, 6) is 1.36. The number of aromatic amines is 2. The summed E-state index contributed by atoms with van der Waals surface area (Å²) in [5.41, 5.74) is 3.54. The minimum Gasteiger partial charge on any atom is -0.346 e. The number of likely N-dealkylation sites (tertiary alicyclic amines) is 1. The molecule has 6 nitrogen and oxygen atoms in total. The molecule has 1 aliphatic rings. The molecule has 1 aromatic carbocycles. The molecule has 1 saturated heterocycles. The number of aryl methyl sites for hydroxylation is 1. The van der Waals surface area contributed by atoms with Crippen molar-refractivity contribution in [1.29, 1.82) is 0 Å². The van der Waals surface area contributed by atoms with Gasteiger partial charge in [0.2, 0.25) is 0 Å². The number of imidazole rings is 2. The number of carbonyl (C=O) groups is 1. The Bertz CT molecular complexity index is 849. The number of piperidine rings is 1. The lowest BCUT2D eigenvalue weighted by Gasteiger charge is -2.32. The van der Waals surface area contributed by atoms with Crippen molar-refractivity contribution in [3.05, 3.63) is 47.8 Å². The van der Waals surface area contributed by atoms with Gasteiger partial charge < -0.3 is 14.9 Å². The summed E-state index contributed by atoms with van der Waals surface area (Å²) in [5, 5.41) is 0. The molecule has 2 N–H and O–H groups in total. The normalized spacial score (nSPS) is 18.5. The van der Waals surface area contributed by atoms with Crippen LogP contribution < -0.4 is 0 Å². The second-order valence-electron chi connectivity index (χ2n) is 6.18. The maximum atomic E-state index is 12.8. The molecule has 0 spiro atoms. The minimum atomic E-state index is 0.0782. The second-order valence-corrected chi connectivity index (χ2v) is 6.18. The summed E-state index contributed by atoms with van der Waals surface area (Å²) in [4.78, 5) is 29.7. The molecule has 1 aliphatic heterocycles. The van der Waals surface area contributed by atoms with Gasteiger partial charge in [-0.3, -0.25) is 4.79 Å². The predicted molar refractivity (Wildman–Crippen MR) is 87.3 cm³/mol. The van der Waals surface area contributed by atoms with E-state index in [1.54, 1.807) is 6.33 Å². The summed E-state index contributed by atoms with van der Waals surface area (Å²) in [6.07, 6.45) is 5.57. The van der Waals surface area contributed by atoms with Gasteiger partial charge >= 0.3 is 0 Å². The van der Waals surface area contributed by atoms with Crippen LogP contribution >= 0.6 is 0 Å². The first-order valence-corrected chi connectivity index (χ1v) is 7.94. The highest BCUT2D eigenvalue weighted by molar-refractivity contribution is 5.97. The van der Waals surface area contributed by atoms with Gasteiger partial charge in [-0.05, 0) is 38.0 Å². The molecule has 0 radical (unpaired) electrons. The fourth-order valence-electron chi connectivity index (χ4n) is 3.28. The lowest BCUT2D eigenvalue weighted by atomic mass is 9.96. The van der Waals surface area contributed by atoms with Crippen LogP contribution in [0.4, 0.5) is 0 Å². The van der Waals surface area contributed by atoms with E-state index in [-0.39, 0.29) is 11.8 Å². The summed E-state index contributed by atoms with van der Waals surface area (Å²) in [7, 11) is 0. The average molecular weight is 309 g/mol. The van der Waals surface area contributed by atoms with Crippen LogP contribution in [-0.2, 0) is 0 Å². The van der Waals surface area contributed by atoms with E-state index < -0.39 is 0 Å². The van der Waals surface area contributed by atoms with Gasteiger partial charge in [0, 0.05) is 36.5 Å². The van der Waals surface area contributed by atoms with Crippen LogP contribution in [0, 0.1) is 6.92 Å². The Morgan fingerprint density at radius 1 is 1.35 bits per heavy atom. The van der Waals surface area contributed by atoms with Gasteiger partial charge in [-0.25, -0.2) is 9.97 Å². The van der Waals surface area contributed by atoms with Gasteiger partial charge in [0.15, 0.2) is 0 Å². The van der Waals surface area contributed by atoms with Crippen molar-refractivity contribution in [2.24, 2.45) is 0 Å². The molecule has 3 heterocycles. The number of fused-ring (bicyclic) bond motifs is 1. The number of amides is 1. The number of carbonyl (C=O) groups excluding carboxylic acids is 1. The van der Waals surface area contributed by atoms with E-state index in [0.717, 1.165) is 41.9 Å². The number of aromatic nitrogens is 4. The van der Waals surface area contributed by atoms with Gasteiger partial charge in [-0.2, -0.15) is 0 Å². The van der Waals surface area contributed by atoms with Crippen LogP contribution in [0.15, 0.2) is 30.7 Å². The largest absolute Gasteiger partial charge is 0.346 e. The highest BCUT2D eigenvalue weighted by Gasteiger charge is 2.27. The van der Waals surface area contributed by atoms with E-state index in [2.05, 4.69) is 19.9 Å². The second kappa shape index (κ2) is 5.53. The first kappa shape index (κ1) is 14.0. The molecular weight excluding hydrogens is 290 g/mol. The van der Waals surface area contributed by atoms with Crippen LogP contribution in [0.2, 0.25) is 0 Å². The molecule has 118 valence electrons. The van der Waals surface area contributed by atoms with E-state index in [0.29, 0.717) is 12.1 Å². The maximum absolute atomic E-state index is 12.8. The molecular formula is C17H19N5O. The third-order valence-electron chi connectivity index (χ3n) is 4.49. The Kier molecular flexibility index (Phi) is 3.37. The number of hydrogen-bond acceptors (Lipinski definition) is 3. The standard InChI is InChI=1S/C17H19N5O/c1-11-8-18-16(21-11)13-3-2-6-22(9-13)17(23)12-4-5-14-15(7-12)20-10-19-14/h4-5,7-8,10,13H,2-3,6,9H2,1H3,(H,18,21)(H,19,20). The fourth-order valence-corrected chi connectivity index (χ4v) is 3.28. The fraction of sp³-hybridized carbons (Fsp3) is 0.353. The highest BCUT2D eigenvalue weighted by atomic mass is 16.2. The van der Waals surface area contributed by atoms with Crippen molar-refractivity contribution in [3.63, 3.8) is 0 Å². The molecule has 1 unspecified atom stereocenters. The molecule has 0 saturated carbocycles. The number of nitrogens with one attached hydrogen (secondary N) is 2. The SMILES string of the molecule is Cc1cnc(C2CCCN(C(=O)c3ccc4nc[nH]c4c3)C2)[nH]1.